The van der Waals surface area contributed by atoms with Crippen molar-refractivity contribution in [1.29, 1.82) is 5.26 Å². The number of hydrogen-bond donors (Lipinski definition) is 0. The summed E-state index contributed by atoms with van der Waals surface area (Å²) in [4.78, 5) is 36.5. The first-order valence-corrected chi connectivity index (χ1v) is 8.41. The molecular weight excluding hydrogens is 362 g/mol. The average Bonchev–Trinajstić information content (AvgIpc) is 3.14. The number of para-hydroxylation sites is 1. The maximum atomic E-state index is 12.6. The zero-order valence-electron chi connectivity index (χ0n) is 15.1. The fourth-order valence-electron chi connectivity index (χ4n) is 2.98. The van der Waals surface area contributed by atoms with E-state index in [2.05, 4.69) is 0 Å². The average molecular weight is 377 g/mol. The van der Waals surface area contributed by atoms with Crippen LogP contribution in [0.25, 0.3) is 17.4 Å². The number of rotatable bonds is 4. The van der Waals surface area contributed by atoms with E-state index in [4.69, 9.17) is 4.42 Å². The van der Waals surface area contributed by atoms with Crippen LogP contribution in [0.2, 0.25) is 0 Å². The van der Waals surface area contributed by atoms with Gasteiger partial charge in [0.05, 0.1) is 10.5 Å². The number of amides is 2. The van der Waals surface area contributed by atoms with Gasteiger partial charge in [0.2, 0.25) is 0 Å². The van der Waals surface area contributed by atoms with E-state index in [1.165, 1.54) is 19.1 Å². The molecule has 2 aromatic rings. The molecule has 0 saturated carbocycles. The number of imide groups is 1. The van der Waals surface area contributed by atoms with Crippen LogP contribution in [0.4, 0.5) is 5.69 Å². The number of nitrogens with zero attached hydrogens (tertiary/aromatic N) is 3. The summed E-state index contributed by atoms with van der Waals surface area (Å²) in [6.45, 7) is 3.30. The molecule has 1 aliphatic rings. The number of hydrogen-bond acceptors (Lipinski definition) is 6. The van der Waals surface area contributed by atoms with Crippen LogP contribution >= 0.6 is 0 Å². The van der Waals surface area contributed by atoms with Gasteiger partial charge in [-0.1, -0.05) is 12.1 Å². The highest BCUT2D eigenvalue weighted by Gasteiger charge is 2.34. The lowest BCUT2D eigenvalue weighted by atomic mass is 9.95. The highest BCUT2D eigenvalue weighted by molar-refractivity contribution is 6.19. The van der Waals surface area contributed by atoms with Gasteiger partial charge in [-0.2, -0.15) is 5.26 Å². The van der Waals surface area contributed by atoms with E-state index in [-0.39, 0.29) is 40.5 Å². The van der Waals surface area contributed by atoms with Gasteiger partial charge in [0.1, 0.15) is 23.2 Å². The quantitative estimate of drug-likeness (QED) is 0.348. The highest BCUT2D eigenvalue weighted by atomic mass is 16.6. The Morgan fingerprint density at radius 2 is 1.93 bits per heavy atom. The van der Waals surface area contributed by atoms with Crippen LogP contribution in [-0.4, -0.2) is 28.2 Å². The molecule has 0 unspecified atom stereocenters. The number of nitro groups is 1. The molecule has 0 radical (unpaired) electrons. The highest BCUT2D eigenvalue weighted by Crippen LogP contribution is 2.32. The van der Waals surface area contributed by atoms with Crippen molar-refractivity contribution in [2.24, 2.45) is 0 Å². The van der Waals surface area contributed by atoms with Gasteiger partial charge in [-0.25, -0.2) is 0 Å². The van der Waals surface area contributed by atoms with E-state index in [9.17, 15) is 25.0 Å². The van der Waals surface area contributed by atoms with Gasteiger partial charge in [0, 0.05) is 18.2 Å². The zero-order chi connectivity index (χ0) is 20.4. The van der Waals surface area contributed by atoms with Crippen molar-refractivity contribution < 1.29 is 18.9 Å². The molecule has 0 spiro atoms. The van der Waals surface area contributed by atoms with Crippen molar-refractivity contribution in [3.8, 4) is 17.4 Å². The van der Waals surface area contributed by atoms with Gasteiger partial charge in [0.15, 0.2) is 0 Å². The van der Waals surface area contributed by atoms with Gasteiger partial charge in [-0.3, -0.25) is 24.6 Å². The Labute approximate surface area is 160 Å². The largest absolute Gasteiger partial charge is 0.456 e. The van der Waals surface area contributed by atoms with Gasteiger partial charge in [-0.15, -0.1) is 0 Å². The Kier molecular flexibility index (Phi) is 4.92. The van der Waals surface area contributed by atoms with Crippen molar-refractivity contribution in [1.82, 2.24) is 4.90 Å². The predicted octanol–water partition coefficient (Wildman–Crippen LogP) is 3.47. The maximum absolute atomic E-state index is 12.6. The summed E-state index contributed by atoms with van der Waals surface area (Å²) in [7, 11) is 0. The Morgan fingerprint density at radius 3 is 2.57 bits per heavy atom. The third-order valence-corrected chi connectivity index (χ3v) is 4.42. The molecule has 0 saturated heterocycles. The Morgan fingerprint density at radius 1 is 1.21 bits per heavy atom. The van der Waals surface area contributed by atoms with E-state index in [1.807, 2.05) is 6.07 Å². The first kappa shape index (κ1) is 18.8. The van der Waals surface area contributed by atoms with Gasteiger partial charge >= 0.3 is 0 Å². The normalized spacial score (nSPS) is 15.9. The molecule has 0 atom stereocenters. The van der Waals surface area contributed by atoms with E-state index in [0.717, 1.165) is 4.90 Å². The second-order valence-corrected chi connectivity index (χ2v) is 6.00. The minimum atomic E-state index is -0.621. The fourth-order valence-corrected chi connectivity index (χ4v) is 2.98. The van der Waals surface area contributed by atoms with Gasteiger partial charge in [0.25, 0.3) is 17.5 Å². The van der Waals surface area contributed by atoms with Crippen LogP contribution in [0, 0.1) is 21.4 Å². The fraction of sp³-hybridized carbons (Fsp3) is 0.150. The summed E-state index contributed by atoms with van der Waals surface area (Å²) in [5, 5.41) is 20.5. The summed E-state index contributed by atoms with van der Waals surface area (Å²) >= 11 is 0. The molecule has 3 rings (SSSR count). The van der Waals surface area contributed by atoms with Crippen LogP contribution in [0.3, 0.4) is 0 Å². The summed E-state index contributed by atoms with van der Waals surface area (Å²) in [6.07, 6.45) is 1.43. The minimum absolute atomic E-state index is 0.0989. The molecule has 2 amide bonds. The van der Waals surface area contributed by atoms with Crippen LogP contribution in [0.1, 0.15) is 19.6 Å². The third kappa shape index (κ3) is 3.10. The van der Waals surface area contributed by atoms with Crippen molar-refractivity contribution in [3.05, 3.63) is 69.0 Å². The summed E-state index contributed by atoms with van der Waals surface area (Å²) in [5.41, 5.74) is 0.545. The molecule has 140 valence electrons. The standard InChI is InChI=1S/C20H15N3O5/c1-3-22-19(24)15(12(2)16(11-21)20(22)25)10-13-8-9-18(28-13)14-6-4-5-7-17(14)23(26)27/h4-10H,3H2,1-2H3/b15-10+. The molecule has 8 heteroatoms. The summed E-state index contributed by atoms with van der Waals surface area (Å²) < 4.78 is 5.68. The Balaban J connectivity index is 2.07. The molecule has 8 nitrogen and oxygen atoms in total. The van der Waals surface area contributed by atoms with E-state index < -0.39 is 16.7 Å². The van der Waals surface area contributed by atoms with Crippen LogP contribution in [0.15, 0.2) is 57.5 Å². The molecular formula is C20H15N3O5. The Hall–Kier alpha value is -3.99. The zero-order valence-corrected chi connectivity index (χ0v) is 15.1. The van der Waals surface area contributed by atoms with Gasteiger partial charge < -0.3 is 4.42 Å². The number of nitriles is 1. The summed E-state index contributed by atoms with van der Waals surface area (Å²) in [6, 6.07) is 11.1. The second kappa shape index (κ2) is 7.32. The van der Waals surface area contributed by atoms with E-state index in [1.54, 1.807) is 37.3 Å². The SMILES string of the molecule is CCN1C(=O)C(C#N)=C(C)/C(=C\c2ccc(-c3ccccc3[N+](=O)[O-])o2)C1=O. The van der Waals surface area contributed by atoms with Crippen LogP contribution in [0.5, 0.6) is 0 Å². The molecule has 2 heterocycles. The molecule has 28 heavy (non-hydrogen) atoms. The molecule has 1 aromatic heterocycles. The number of carbonyl (C=O) groups is 2. The molecule has 0 N–H and O–H groups in total. The molecule has 0 bridgehead atoms. The van der Waals surface area contributed by atoms with Crippen LogP contribution in [-0.2, 0) is 9.59 Å². The van der Waals surface area contributed by atoms with Crippen molar-refractivity contribution in [3.63, 3.8) is 0 Å². The molecule has 1 aliphatic heterocycles. The number of benzene rings is 1. The summed E-state index contributed by atoms with van der Waals surface area (Å²) in [5.74, 6) is -0.594. The second-order valence-electron chi connectivity index (χ2n) is 6.00. The van der Waals surface area contributed by atoms with Gasteiger partial charge in [-0.05, 0) is 43.7 Å². The molecule has 1 aromatic carbocycles. The van der Waals surface area contributed by atoms with E-state index >= 15 is 0 Å². The van der Waals surface area contributed by atoms with E-state index in [0.29, 0.717) is 5.56 Å². The lowest BCUT2D eigenvalue weighted by Crippen LogP contribution is -2.42. The number of likely N-dealkylation sites (N-methyl/N-ethyl adjacent to an activating group) is 1. The maximum Gasteiger partial charge on any atom is 0.280 e. The molecule has 0 aliphatic carbocycles. The Bertz CT molecular complexity index is 1100. The van der Waals surface area contributed by atoms with Crippen molar-refractivity contribution >= 4 is 23.6 Å². The minimum Gasteiger partial charge on any atom is -0.456 e. The molecule has 0 fully saturated rings. The van der Waals surface area contributed by atoms with Crippen LogP contribution < -0.4 is 0 Å². The number of nitro benzene ring substituents is 1. The number of furan rings is 1. The predicted molar refractivity (Wildman–Crippen MR) is 99.5 cm³/mol. The van der Waals surface area contributed by atoms with Crippen molar-refractivity contribution in [2.75, 3.05) is 6.54 Å². The number of carbonyl (C=O) groups excluding carboxylic acids is 2. The lowest BCUT2D eigenvalue weighted by Gasteiger charge is -2.25. The monoisotopic (exact) mass is 377 g/mol. The van der Waals surface area contributed by atoms with Crippen molar-refractivity contribution in [2.45, 2.75) is 13.8 Å². The smallest absolute Gasteiger partial charge is 0.280 e. The lowest BCUT2D eigenvalue weighted by molar-refractivity contribution is -0.384. The first-order valence-electron chi connectivity index (χ1n) is 8.41. The first-order chi connectivity index (χ1) is 13.4. The topological polar surface area (TPSA) is 117 Å². The third-order valence-electron chi connectivity index (χ3n) is 4.42.